The largest absolute Gasteiger partial charge is 0.414 e. The molecule has 1 aliphatic carbocycles. The molecule has 1 heterocycles. The first-order valence-corrected chi connectivity index (χ1v) is 6.94. The van der Waals surface area contributed by atoms with Gasteiger partial charge in [0.1, 0.15) is 0 Å². The lowest BCUT2D eigenvalue weighted by atomic mass is 9.90. The molecule has 5 heteroatoms. The van der Waals surface area contributed by atoms with Gasteiger partial charge >= 0.3 is 6.18 Å². The highest BCUT2D eigenvalue weighted by molar-refractivity contribution is 4.82. The number of aliphatic hydroxyl groups excluding tert-OH is 1. The maximum Gasteiger partial charge on any atom is 0.414 e. The molecule has 2 aliphatic rings. The van der Waals surface area contributed by atoms with Crippen LogP contribution in [0.1, 0.15) is 38.5 Å². The average Bonchev–Trinajstić information content (AvgIpc) is 2.81. The molecular formula is C13H22F3NO. The van der Waals surface area contributed by atoms with Crippen LogP contribution in [0.4, 0.5) is 13.2 Å². The normalized spacial score (nSPS) is 26.7. The van der Waals surface area contributed by atoms with Crippen molar-refractivity contribution in [2.75, 3.05) is 19.6 Å². The molecule has 0 amide bonds. The Labute approximate surface area is 106 Å². The second-order valence-corrected chi connectivity index (χ2v) is 5.77. The van der Waals surface area contributed by atoms with Crippen LogP contribution in [-0.2, 0) is 0 Å². The molecule has 2 rings (SSSR count). The summed E-state index contributed by atoms with van der Waals surface area (Å²) in [6.45, 7) is 2.44. The van der Waals surface area contributed by atoms with E-state index in [2.05, 4.69) is 4.90 Å². The van der Waals surface area contributed by atoms with Crippen molar-refractivity contribution in [1.82, 2.24) is 4.90 Å². The van der Waals surface area contributed by atoms with Crippen molar-refractivity contribution >= 4 is 0 Å². The third kappa shape index (κ3) is 3.60. The molecule has 18 heavy (non-hydrogen) atoms. The summed E-state index contributed by atoms with van der Waals surface area (Å²) in [7, 11) is 0. The molecular weight excluding hydrogens is 243 g/mol. The standard InChI is InChI=1S/C13H22F3NO/c14-13(15,16)12(18)11-5-7-17(8-6-11)9-10-3-1-2-4-10/h10-12,18H,1-9H2. The average molecular weight is 265 g/mol. The van der Waals surface area contributed by atoms with Crippen LogP contribution in [0.2, 0.25) is 0 Å². The first kappa shape index (κ1) is 14.1. The summed E-state index contributed by atoms with van der Waals surface area (Å²) >= 11 is 0. The quantitative estimate of drug-likeness (QED) is 0.848. The zero-order valence-corrected chi connectivity index (χ0v) is 10.6. The van der Waals surface area contributed by atoms with E-state index in [-0.39, 0.29) is 0 Å². The summed E-state index contributed by atoms with van der Waals surface area (Å²) in [5.74, 6) is 0.138. The van der Waals surface area contributed by atoms with Gasteiger partial charge in [-0.2, -0.15) is 13.2 Å². The number of piperidine rings is 1. The van der Waals surface area contributed by atoms with Crippen molar-refractivity contribution in [3.05, 3.63) is 0 Å². The molecule has 0 spiro atoms. The van der Waals surface area contributed by atoms with Crippen LogP contribution in [0.25, 0.3) is 0 Å². The minimum Gasteiger partial charge on any atom is -0.383 e. The predicted molar refractivity (Wildman–Crippen MR) is 63.2 cm³/mol. The molecule has 2 nitrogen and oxygen atoms in total. The minimum atomic E-state index is -4.46. The summed E-state index contributed by atoms with van der Waals surface area (Å²) in [4.78, 5) is 2.27. The summed E-state index contributed by atoms with van der Waals surface area (Å²) in [5.41, 5.74) is 0. The molecule has 1 saturated heterocycles. The molecule has 0 aromatic rings. The van der Waals surface area contributed by atoms with Gasteiger partial charge in [0.15, 0.2) is 6.10 Å². The van der Waals surface area contributed by atoms with Gasteiger partial charge in [-0.05, 0) is 50.6 Å². The summed E-state index contributed by atoms with van der Waals surface area (Å²) < 4.78 is 37.2. The van der Waals surface area contributed by atoms with E-state index in [0.717, 1.165) is 12.5 Å². The number of likely N-dealkylation sites (tertiary alicyclic amines) is 1. The summed E-state index contributed by atoms with van der Waals surface area (Å²) in [6, 6.07) is 0. The molecule has 1 saturated carbocycles. The zero-order valence-electron chi connectivity index (χ0n) is 10.6. The number of hydrogen-bond acceptors (Lipinski definition) is 2. The highest BCUT2D eigenvalue weighted by atomic mass is 19.4. The molecule has 0 aromatic carbocycles. The van der Waals surface area contributed by atoms with Crippen molar-refractivity contribution in [2.24, 2.45) is 11.8 Å². The van der Waals surface area contributed by atoms with Crippen molar-refractivity contribution in [3.8, 4) is 0 Å². The molecule has 0 bridgehead atoms. The predicted octanol–water partition coefficient (Wildman–Crippen LogP) is 2.81. The third-order valence-electron chi connectivity index (χ3n) is 4.41. The van der Waals surface area contributed by atoms with Gasteiger partial charge in [-0.15, -0.1) is 0 Å². The lowest BCUT2D eigenvalue weighted by Crippen LogP contribution is -2.44. The molecule has 1 unspecified atom stereocenters. The van der Waals surface area contributed by atoms with Crippen molar-refractivity contribution < 1.29 is 18.3 Å². The van der Waals surface area contributed by atoms with Gasteiger partial charge in [0.05, 0.1) is 0 Å². The summed E-state index contributed by atoms with van der Waals surface area (Å²) in [5, 5.41) is 9.24. The van der Waals surface area contributed by atoms with Crippen LogP contribution in [0.5, 0.6) is 0 Å². The van der Waals surface area contributed by atoms with E-state index in [1.54, 1.807) is 0 Å². The van der Waals surface area contributed by atoms with Crippen molar-refractivity contribution in [2.45, 2.75) is 50.8 Å². The Bertz CT molecular complexity index is 255. The van der Waals surface area contributed by atoms with E-state index in [1.165, 1.54) is 25.7 Å². The molecule has 1 N–H and O–H groups in total. The van der Waals surface area contributed by atoms with E-state index >= 15 is 0 Å². The Balaban J connectivity index is 1.74. The van der Waals surface area contributed by atoms with E-state index in [0.29, 0.717) is 25.9 Å². The molecule has 106 valence electrons. The summed E-state index contributed by atoms with van der Waals surface area (Å²) in [6.07, 6.45) is -0.525. The van der Waals surface area contributed by atoms with Crippen molar-refractivity contribution in [3.63, 3.8) is 0 Å². The first-order chi connectivity index (χ1) is 8.47. The van der Waals surface area contributed by atoms with Crippen LogP contribution >= 0.6 is 0 Å². The number of hydrogen-bond donors (Lipinski definition) is 1. The number of rotatable bonds is 3. The SMILES string of the molecule is OC(C1CCN(CC2CCCC2)CC1)C(F)(F)F. The fourth-order valence-corrected chi connectivity index (χ4v) is 3.28. The molecule has 0 radical (unpaired) electrons. The highest BCUT2D eigenvalue weighted by Gasteiger charge is 2.44. The smallest absolute Gasteiger partial charge is 0.383 e. The van der Waals surface area contributed by atoms with Gasteiger partial charge in [0, 0.05) is 6.54 Å². The second kappa shape index (κ2) is 5.78. The Morgan fingerprint density at radius 1 is 1.06 bits per heavy atom. The zero-order chi connectivity index (χ0) is 13.2. The number of nitrogens with zero attached hydrogens (tertiary/aromatic N) is 1. The van der Waals surface area contributed by atoms with Gasteiger partial charge in [-0.25, -0.2) is 0 Å². The molecule has 2 fully saturated rings. The molecule has 1 aliphatic heterocycles. The van der Waals surface area contributed by atoms with E-state index in [1.807, 2.05) is 0 Å². The minimum absolute atomic E-state index is 0.466. The van der Waals surface area contributed by atoms with E-state index in [9.17, 15) is 18.3 Å². The topological polar surface area (TPSA) is 23.5 Å². The van der Waals surface area contributed by atoms with Gasteiger partial charge in [-0.3, -0.25) is 0 Å². The Kier molecular flexibility index (Phi) is 4.54. The Morgan fingerprint density at radius 3 is 2.11 bits per heavy atom. The third-order valence-corrected chi connectivity index (χ3v) is 4.41. The van der Waals surface area contributed by atoms with E-state index < -0.39 is 18.2 Å². The lowest BCUT2D eigenvalue weighted by Gasteiger charge is -2.35. The van der Waals surface area contributed by atoms with Crippen LogP contribution in [0.3, 0.4) is 0 Å². The maximum absolute atomic E-state index is 12.4. The number of halogens is 3. The van der Waals surface area contributed by atoms with E-state index in [4.69, 9.17) is 0 Å². The van der Waals surface area contributed by atoms with Gasteiger partial charge in [0.25, 0.3) is 0 Å². The highest BCUT2D eigenvalue weighted by Crippen LogP contribution is 2.32. The van der Waals surface area contributed by atoms with Gasteiger partial charge in [-0.1, -0.05) is 12.8 Å². The van der Waals surface area contributed by atoms with Gasteiger partial charge in [0.2, 0.25) is 0 Å². The van der Waals surface area contributed by atoms with Crippen LogP contribution in [0.15, 0.2) is 0 Å². The van der Waals surface area contributed by atoms with Crippen molar-refractivity contribution in [1.29, 1.82) is 0 Å². The van der Waals surface area contributed by atoms with Crippen LogP contribution in [-0.4, -0.2) is 41.9 Å². The second-order valence-electron chi connectivity index (χ2n) is 5.77. The monoisotopic (exact) mass is 265 g/mol. The van der Waals surface area contributed by atoms with Gasteiger partial charge < -0.3 is 10.0 Å². The fourth-order valence-electron chi connectivity index (χ4n) is 3.28. The fraction of sp³-hybridized carbons (Fsp3) is 1.00. The number of alkyl halides is 3. The van der Waals surface area contributed by atoms with Crippen LogP contribution < -0.4 is 0 Å². The Hall–Kier alpha value is -0.290. The lowest BCUT2D eigenvalue weighted by molar-refractivity contribution is -0.223. The Morgan fingerprint density at radius 2 is 1.61 bits per heavy atom. The number of aliphatic hydroxyl groups is 1. The first-order valence-electron chi connectivity index (χ1n) is 6.94. The van der Waals surface area contributed by atoms with Crippen LogP contribution in [0, 0.1) is 11.8 Å². The maximum atomic E-state index is 12.4. The molecule has 0 aromatic heterocycles. The molecule has 1 atom stereocenters.